The van der Waals surface area contributed by atoms with E-state index in [1.807, 2.05) is 38.1 Å². The van der Waals surface area contributed by atoms with Crippen molar-refractivity contribution in [2.45, 2.75) is 50.7 Å². The molecule has 0 N–H and O–H groups in total. The molecule has 112 valence electrons. The summed E-state index contributed by atoms with van der Waals surface area (Å²) < 4.78 is 5.16. The molecule has 0 spiro atoms. The molecule has 1 aromatic heterocycles. The molecule has 1 heterocycles. The number of hydrogen-bond donors (Lipinski definition) is 0. The Morgan fingerprint density at radius 1 is 1.24 bits per heavy atom. The maximum absolute atomic E-state index is 11.9. The Balaban J connectivity index is 1.95. The molecule has 0 aliphatic carbocycles. The zero-order valence-electron chi connectivity index (χ0n) is 12.8. The minimum atomic E-state index is 0.235. The van der Waals surface area contributed by atoms with E-state index in [0.717, 1.165) is 46.1 Å². The van der Waals surface area contributed by atoms with Gasteiger partial charge in [-0.2, -0.15) is 0 Å². The number of hydrogen-bond acceptors (Lipinski definition) is 4. The van der Waals surface area contributed by atoms with Crippen molar-refractivity contribution in [1.82, 2.24) is 5.16 Å². The summed E-state index contributed by atoms with van der Waals surface area (Å²) >= 11 is 1.73. The third-order valence-corrected chi connectivity index (χ3v) is 4.54. The highest BCUT2D eigenvalue weighted by atomic mass is 32.2. The minimum Gasteiger partial charge on any atom is -0.361 e. The van der Waals surface area contributed by atoms with Gasteiger partial charge in [-0.1, -0.05) is 30.6 Å². The van der Waals surface area contributed by atoms with Crippen LogP contribution in [0.4, 0.5) is 0 Å². The molecule has 0 aliphatic heterocycles. The molecule has 21 heavy (non-hydrogen) atoms. The van der Waals surface area contributed by atoms with Crippen molar-refractivity contribution in [3.05, 3.63) is 46.8 Å². The number of benzene rings is 1. The van der Waals surface area contributed by atoms with Gasteiger partial charge in [0.1, 0.15) is 5.76 Å². The fourth-order valence-electron chi connectivity index (χ4n) is 2.08. The van der Waals surface area contributed by atoms with Crippen molar-refractivity contribution in [2.24, 2.45) is 0 Å². The average molecular weight is 303 g/mol. The first-order chi connectivity index (χ1) is 10.1. The summed E-state index contributed by atoms with van der Waals surface area (Å²) in [5.41, 5.74) is 2.92. The third-order valence-electron chi connectivity index (χ3n) is 3.50. The second-order valence-corrected chi connectivity index (χ2v) is 6.19. The van der Waals surface area contributed by atoms with E-state index in [1.54, 1.807) is 11.8 Å². The summed E-state index contributed by atoms with van der Waals surface area (Å²) in [6.45, 7) is 6.00. The number of aromatic nitrogens is 1. The molecule has 0 aliphatic rings. The van der Waals surface area contributed by atoms with Gasteiger partial charge < -0.3 is 4.52 Å². The summed E-state index contributed by atoms with van der Waals surface area (Å²) in [7, 11) is 0. The number of nitrogens with zero attached hydrogens (tertiary/aromatic N) is 1. The average Bonchev–Trinajstić information content (AvgIpc) is 2.82. The molecule has 0 atom stereocenters. The first-order valence-corrected chi connectivity index (χ1v) is 8.28. The second-order valence-electron chi connectivity index (χ2n) is 5.14. The Morgan fingerprint density at radius 2 is 1.95 bits per heavy atom. The van der Waals surface area contributed by atoms with Crippen LogP contribution in [-0.2, 0) is 5.75 Å². The summed E-state index contributed by atoms with van der Waals surface area (Å²) in [6.07, 6.45) is 2.65. The first-order valence-electron chi connectivity index (χ1n) is 7.29. The zero-order valence-corrected chi connectivity index (χ0v) is 13.6. The highest BCUT2D eigenvalue weighted by Crippen LogP contribution is 2.26. The van der Waals surface area contributed by atoms with Crippen LogP contribution in [0.15, 0.2) is 33.7 Å². The molecule has 0 amide bonds. The first kappa shape index (κ1) is 15.8. The number of ketones is 1. The van der Waals surface area contributed by atoms with E-state index in [-0.39, 0.29) is 5.78 Å². The van der Waals surface area contributed by atoms with E-state index >= 15 is 0 Å². The minimum absolute atomic E-state index is 0.235. The molecule has 4 heteroatoms. The summed E-state index contributed by atoms with van der Waals surface area (Å²) in [4.78, 5) is 13.1. The molecule has 0 radical (unpaired) electrons. The Morgan fingerprint density at radius 3 is 2.52 bits per heavy atom. The van der Waals surface area contributed by atoms with E-state index < -0.39 is 0 Å². The Hall–Kier alpha value is -1.55. The van der Waals surface area contributed by atoms with Crippen LogP contribution in [0.2, 0.25) is 0 Å². The van der Waals surface area contributed by atoms with Crippen LogP contribution < -0.4 is 0 Å². The molecule has 0 unspecified atom stereocenters. The number of aryl methyl sites for hydroxylation is 2. The van der Waals surface area contributed by atoms with Gasteiger partial charge in [0.25, 0.3) is 0 Å². The molecule has 0 fully saturated rings. The van der Waals surface area contributed by atoms with Gasteiger partial charge in [-0.15, -0.1) is 11.8 Å². The lowest BCUT2D eigenvalue weighted by Crippen LogP contribution is -1.98. The third kappa shape index (κ3) is 4.21. The van der Waals surface area contributed by atoms with Gasteiger partial charge in [-0.3, -0.25) is 4.79 Å². The van der Waals surface area contributed by atoms with Crippen molar-refractivity contribution in [3.8, 4) is 0 Å². The molecule has 1 aromatic carbocycles. The fourth-order valence-corrected chi connectivity index (χ4v) is 3.13. The van der Waals surface area contributed by atoms with Crippen LogP contribution >= 0.6 is 11.8 Å². The zero-order chi connectivity index (χ0) is 15.2. The van der Waals surface area contributed by atoms with E-state index in [0.29, 0.717) is 6.42 Å². The Kier molecular flexibility index (Phi) is 5.62. The van der Waals surface area contributed by atoms with Crippen LogP contribution in [0.1, 0.15) is 53.6 Å². The predicted molar refractivity (Wildman–Crippen MR) is 85.8 cm³/mol. The quantitative estimate of drug-likeness (QED) is 0.536. The van der Waals surface area contributed by atoms with E-state index in [2.05, 4.69) is 12.1 Å². The van der Waals surface area contributed by atoms with Gasteiger partial charge >= 0.3 is 0 Å². The van der Waals surface area contributed by atoms with Crippen LogP contribution in [-0.4, -0.2) is 10.9 Å². The standard InChI is InChI=1S/C17H21NO2S/c1-4-5-6-17(19)14-7-9-15(10-8-14)21-11-16-12(2)18-20-13(16)3/h7-10H,4-6,11H2,1-3H3. The van der Waals surface area contributed by atoms with Crippen molar-refractivity contribution in [1.29, 1.82) is 0 Å². The van der Waals surface area contributed by atoms with Gasteiger partial charge in [0.2, 0.25) is 0 Å². The van der Waals surface area contributed by atoms with Gasteiger partial charge in [0.05, 0.1) is 5.69 Å². The molecular weight excluding hydrogens is 282 g/mol. The molecule has 2 aromatic rings. The lowest BCUT2D eigenvalue weighted by Gasteiger charge is -2.04. The Bertz CT molecular complexity index is 582. The molecule has 0 saturated carbocycles. The number of carbonyl (C=O) groups excluding carboxylic acids is 1. The van der Waals surface area contributed by atoms with Crippen LogP contribution in [0.5, 0.6) is 0 Å². The van der Waals surface area contributed by atoms with Crippen LogP contribution in [0.3, 0.4) is 0 Å². The van der Waals surface area contributed by atoms with Gasteiger partial charge in [-0.05, 0) is 32.4 Å². The lowest BCUT2D eigenvalue weighted by molar-refractivity contribution is 0.0979. The van der Waals surface area contributed by atoms with Gasteiger partial charge in [0, 0.05) is 28.2 Å². The van der Waals surface area contributed by atoms with Crippen molar-refractivity contribution >= 4 is 17.5 Å². The summed E-state index contributed by atoms with van der Waals surface area (Å²) in [5, 5.41) is 3.96. The number of unbranched alkanes of at least 4 members (excludes halogenated alkanes) is 1. The number of Topliss-reactive ketones (excluding diaryl/α,β-unsaturated/α-hetero) is 1. The molecule has 0 bridgehead atoms. The number of carbonyl (C=O) groups is 1. The fraction of sp³-hybridized carbons (Fsp3) is 0.412. The van der Waals surface area contributed by atoms with E-state index in [4.69, 9.17) is 4.52 Å². The summed E-state index contributed by atoms with van der Waals surface area (Å²) in [6, 6.07) is 7.88. The second kappa shape index (κ2) is 7.46. The molecule has 0 saturated heterocycles. The van der Waals surface area contributed by atoms with Gasteiger partial charge in [0.15, 0.2) is 5.78 Å². The topological polar surface area (TPSA) is 43.1 Å². The van der Waals surface area contributed by atoms with E-state index in [9.17, 15) is 4.79 Å². The maximum Gasteiger partial charge on any atom is 0.162 e. The van der Waals surface area contributed by atoms with Crippen molar-refractivity contribution in [3.63, 3.8) is 0 Å². The predicted octanol–water partition coefficient (Wildman–Crippen LogP) is 4.96. The molecule has 2 rings (SSSR count). The van der Waals surface area contributed by atoms with E-state index in [1.165, 1.54) is 0 Å². The number of thioether (sulfide) groups is 1. The Labute approximate surface area is 130 Å². The smallest absolute Gasteiger partial charge is 0.162 e. The monoisotopic (exact) mass is 303 g/mol. The molecule has 3 nitrogen and oxygen atoms in total. The maximum atomic E-state index is 11.9. The highest BCUT2D eigenvalue weighted by Gasteiger charge is 2.10. The van der Waals surface area contributed by atoms with Crippen molar-refractivity contribution in [2.75, 3.05) is 0 Å². The van der Waals surface area contributed by atoms with Crippen molar-refractivity contribution < 1.29 is 9.32 Å². The number of rotatable bonds is 7. The normalized spacial score (nSPS) is 10.8. The van der Waals surface area contributed by atoms with Crippen LogP contribution in [0, 0.1) is 13.8 Å². The van der Waals surface area contributed by atoms with Crippen LogP contribution in [0.25, 0.3) is 0 Å². The largest absolute Gasteiger partial charge is 0.361 e. The molecular formula is C17H21NO2S. The SMILES string of the molecule is CCCCC(=O)c1ccc(SCc2c(C)noc2C)cc1. The lowest BCUT2D eigenvalue weighted by atomic mass is 10.1. The highest BCUT2D eigenvalue weighted by molar-refractivity contribution is 7.98. The summed E-state index contributed by atoms with van der Waals surface area (Å²) in [5.74, 6) is 1.95. The van der Waals surface area contributed by atoms with Gasteiger partial charge in [-0.25, -0.2) is 0 Å².